The summed E-state index contributed by atoms with van der Waals surface area (Å²) in [6.45, 7) is 1.99. The maximum Gasteiger partial charge on any atom is 0.181 e. The number of H-pyrrole nitrogens is 1. The molecule has 5 heteroatoms. The zero-order valence-electron chi connectivity index (χ0n) is 13.7. The minimum absolute atomic E-state index is 0.677. The molecule has 0 atom stereocenters. The monoisotopic (exact) mass is 307 g/mol. The lowest BCUT2D eigenvalue weighted by Crippen LogP contribution is -2.08. The smallest absolute Gasteiger partial charge is 0.181 e. The Labute approximate surface area is 136 Å². The number of aryl methyl sites for hydroxylation is 1. The third kappa shape index (κ3) is 3.34. The summed E-state index contributed by atoms with van der Waals surface area (Å²) in [5, 5.41) is 7.31. The average Bonchev–Trinajstić information content (AvgIpc) is 2.99. The largest absolute Gasteiger partial charge is 0.398 e. The van der Waals surface area contributed by atoms with Gasteiger partial charge in [-0.1, -0.05) is 24.3 Å². The summed E-state index contributed by atoms with van der Waals surface area (Å²) in [6, 6.07) is 14.3. The van der Waals surface area contributed by atoms with E-state index >= 15 is 0 Å². The van der Waals surface area contributed by atoms with Gasteiger partial charge in [-0.3, -0.25) is 5.10 Å². The van der Waals surface area contributed by atoms with Crippen LogP contribution in [0.25, 0.3) is 11.4 Å². The van der Waals surface area contributed by atoms with E-state index in [0.717, 1.165) is 29.1 Å². The number of anilines is 2. The number of nitrogens with two attached hydrogens (primary N) is 1. The van der Waals surface area contributed by atoms with Gasteiger partial charge < -0.3 is 10.6 Å². The fourth-order valence-corrected chi connectivity index (χ4v) is 2.39. The quantitative estimate of drug-likeness (QED) is 0.727. The molecule has 0 fully saturated rings. The Hall–Kier alpha value is -2.82. The lowest BCUT2D eigenvalue weighted by atomic mass is 10.1. The molecule has 3 rings (SSSR count). The number of nitrogen functional groups attached to an aromatic ring is 1. The molecule has 23 heavy (non-hydrogen) atoms. The minimum atomic E-state index is 0.677. The van der Waals surface area contributed by atoms with E-state index in [2.05, 4.69) is 44.3 Å². The molecule has 0 aliphatic heterocycles. The summed E-state index contributed by atoms with van der Waals surface area (Å²) in [5.41, 5.74) is 11.1. The van der Waals surface area contributed by atoms with Gasteiger partial charge in [-0.2, -0.15) is 5.10 Å². The molecule has 0 unspecified atom stereocenters. The standard InChI is InChI=1S/C18H21N5/c1-12-4-7-14(11-16(12)19)18-20-17(21-22-18)10-13-5-8-15(9-6-13)23(2)3/h4-9,11H,10,19H2,1-3H3,(H,20,21,22). The number of hydrogen-bond donors (Lipinski definition) is 2. The molecule has 2 aromatic carbocycles. The van der Waals surface area contributed by atoms with Gasteiger partial charge in [0.25, 0.3) is 0 Å². The lowest BCUT2D eigenvalue weighted by Gasteiger charge is -2.12. The summed E-state index contributed by atoms with van der Waals surface area (Å²) in [7, 11) is 4.07. The van der Waals surface area contributed by atoms with Crippen molar-refractivity contribution >= 4 is 11.4 Å². The maximum atomic E-state index is 5.96. The van der Waals surface area contributed by atoms with E-state index in [1.165, 1.54) is 11.3 Å². The molecule has 3 N–H and O–H groups in total. The van der Waals surface area contributed by atoms with Crippen LogP contribution in [0.3, 0.4) is 0 Å². The third-order valence-electron chi connectivity index (χ3n) is 3.89. The number of nitrogens with zero attached hydrogens (tertiary/aromatic N) is 3. The van der Waals surface area contributed by atoms with Gasteiger partial charge in [0.05, 0.1) is 0 Å². The van der Waals surface area contributed by atoms with Crippen molar-refractivity contribution in [3.8, 4) is 11.4 Å². The van der Waals surface area contributed by atoms with Gasteiger partial charge in [-0.25, -0.2) is 4.98 Å². The zero-order chi connectivity index (χ0) is 16.4. The number of hydrogen-bond acceptors (Lipinski definition) is 4. The van der Waals surface area contributed by atoms with E-state index < -0.39 is 0 Å². The Balaban J connectivity index is 1.77. The van der Waals surface area contributed by atoms with Crippen LogP contribution in [0.4, 0.5) is 11.4 Å². The van der Waals surface area contributed by atoms with E-state index in [4.69, 9.17) is 5.73 Å². The van der Waals surface area contributed by atoms with Gasteiger partial charge in [-0.15, -0.1) is 0 Å². The van der Waals surface area contributed by atoms with Gasteiger partial charge in [-0.05, 0) is 36.2 Å². The molecule has 1 heterocycles. The van der Waals surface area contributed by atoms with E-state index in [1.54, 1.807) is 0 Å². The molecule has 0 aliphatic rings. The van der Waals surface area contributed by atoms with Crippen molar-refractivity contribution in [2.75, 3.05) is 24.7 Å². The number of aromatic amines is 1. The molecular formula is C18H21N5. The summed E-state index contributed by atoms with van der Waals surface area (Å²) in [4.78, 5) is 6.65. The van der Waals surface area contributed by atoms with E-state index in [1.807, 2.05) is 39.2 Å². The first kappa shape index (κ1) is 15.1. The first-order valence-electron chi connectivity index (χ1n) is 7.57. The van der Waals surface area contributed by atoms with Crippen molar-refractivity contribution in [3.63, 3.8) is 0 Å². The predicted molar refractivity (Wildman–Crippen MR) is 94.5 cm³/mol. The number of rotatable bonds is 4. The molecule has 0 amide bonds. The number of nitrogens with one attached hydrogen (secondary N) is 1. The summed E-state index contributed by atoms with van der Waals surface area (Å²) in [5.74, 6) is 1.52. The van der Waals surface area contributed by atoms with Crippen LogP contribution in [-0.4, -0.2) is 29.3 Å². The highest BCUT2D eigenvalue weighted by molar-refractivity contribution is 5.63. The van der Waals surface area contributed by atoms with E-state index in [9.17, 15) is 0 Å². The molecular weight excluding hydrogens is 286 g/mol. The second-order valence-electron chi connectivity index (χ2n) is 5.91. The summed E-state index contributed by atoms with van der Waals surface area (Å²) < 4.78 is 0. The summed E-state index contributed by atoms with van der Waals surface area (Å²) >= 11 is 0. The van der Waals surface area contributed by atoms with Crippen molar-refractivity contribution in [2.45, 2.75) is 13.3 Å². The van der Waals surface area contributed by atoms with Crippen LogP contribution in [0.2, 0.25) is 0 Å². The van der Waals surface area contributed by atoms with Gasteiger partial charge in [0, 0.05) is 37.5 Å². The molecule has 1 aromatic heterocycles. The van der Waals surface area contributed by atoms with Crippen LogP contribution in [0, 0.1) is 6.92 Å². The fraction of sp³-hybridized carbons (Fsp3) is 0.222. The van der Waals surface area contributed by atoms with Crippen LogP contribution >= 0.6 is 0 Å². The highest BCUT2D eigenvalue weighted by Crippen LogP contribution is 2.21. The topological polar surface area (TPSA) is 70.8 Å². The van der Waals surface area contributed by atoms with Gasteiger partial charge >= 0.3 is 0 Å². The van der Waals surface area contributed by atoms with Crippen LogP contribution in [-0.2, 0) is 6.42 Å². The molecule has 0 bridgehead atoms. The first-order chi connectivity index (χ1) is 11.0. The number of benzene rings is 2. The average molecular weight is 307 g/mol. The number of aromatic nitrogens is 3. The SMILES string of the molecule is Cc1ccc(-c2n[nH]c(Cc3ccc(N(C)C)cc3)n2)cc1N. The zero-order valence-corrected chi connectivity index (χ0v) is 13.7. The predicted octanol–water partition coefficient (Wildman–Crippen LogP) is 3.02. The van der Waals surface area contributed by atoms with Crippen molar-refractivity contribution in [3.05, 3.63) is 59.4 Å². The molecule has 0 aliphatic carbocycles. The van der Waals surface area contributed by atoms with Crippen molar-refractivity contribution in [2.24, 2.45) is 0 Å². The molecule has 0 saturated heterocycles. The molecule has 3 aromatic rings. The van der Waals surface area contributed by atoms with Gasteiger partial charge in [0.15, 0.2) is 5.82 Å². The second kappa shape index (κ2) is 6.12. The Morgan fingerprint density at radius 3 is 2.48 bits per heavy atom. The normalized spacial score (nSPS) is 10.7. The summed E-state index contributed by atoms with van der Waals surface area (Å²) in [6.07, 6.45) is 0.724. The highest BCUT2D eigenvalue weighted by Gasteiger charge is 2.08. The Morgan fingerprint density at radius 2 is 1.83 bits per heavy atom. The molecule has 0 radical (unpaired) electrons. The molecule has 0 spiro atoms. The van der Waals surface area contributed by atoms with E-state index in [-0.39, 0.29) is 0 Å². The molecule has 118 valence electrons. The van der Waals surface area contributed by atoms with Crippen molar-refractivity contribution in [1.82, 2.24) is 15.2 Å². The van der Waals surface area contributed by atoms with Gasteiger partial charge in [0.1, 0.15) is 5.82 Å². The van der Waals surface area contributed by atoms with Crippen LogP contribution in [0.15, 0.2) is 42.5 Å². The first-order valence-corrected chi connectivity index (χ1v) is 7.57. The third-order valence-corrected chi connectivity index (χ3v) is 3.89. The Morgan fingerprint density at radius 1 is 1.09 bits per heavy atom. The lowest BCUT2D eigenvalue weighted by molar-refractivity contribution is 0.972. The minimum Gasteiger partial charge on any atom is -0.398 e. The van der Waals surface area contributed by atoms with Gasteiger partial charge in [0.2, 0.25) is 0 Å². The van der Waals surface area contributed by atoms with Crippen LogP contribution < -0.4 is 10.6 Å². The van der Waals surface area contributed by atoms with E-state index in [0.29, 0.717) is 5.82 Å². The Kier molecular flexibility index (Phi) is 4.02. The second-order valence-corrected chi connectivity index (χ2v) is 5.91. The molecule has 5 nitrogen and oxygen atoms in total. The Bertz CT molecular complexity index is 803. The van der Waals surface area contributed by atoms with Crippen LogP contribution in [0.1, 0.15) is 17.0 Å². The van der Waals surface area contributed by atoms with Crippen molar-refractivity contribution < 1.29 is 0 Å². The van der Waals surface area contributed by atoms with Crippen LogP contribution in [0.5, 0.6) is 0 Å². The highest BCUT2D eigenvalue weighted by atomic mass is 15.2. The fourth-order valence-electron chi connectivity index (χ4n) is 2.39. The van der Waals surface area contributed by atoms with Crippen molar-refractivity contribution in [1.29, 1.82) is 0 Å². The maximum absolute atomic E-state index is 5.96. The molecule has 0 saturated carbocycles.